The number of methoxy groups -OCH3 is 3. The van der Waals surface area contributed by atoms with Crippen molar-refractivity contribution in [3.63, 3.8) is 0 Å². The van der Waals surface area contributed by atoms with Crippen molar-refractivity contribution in [1.82, 2.24) is 10.2 Å². The van der Waals surface area contributed by atoms with Crippen LogP contribution >= 0.6 is 11.8 Å². The SMILES string of the molecule is COc1cc(-c2nnc(SCCC34CC5CC(CC(C5)C3)C4)o2)cc(OC)c1OC. The van der Waals surface area contributed by atoms with Crippen molar-refractivity contribution >= 4 is 11.8 Å². The first kappa shape index (κ1) is 20.0. The van der Waals surface area contributed by atoms with Gasteiger partial charge in [0.25, 0.3) is 5.22 Å². The molecule has 0 amide bonds. The molecule has 0 atom stereocenters. The highest BCUT2D eigenvalue weighted by molar-refractivity contribution is 7.99. The molecule has 4 aliphatic rings. The fraction of sp³-hybridized carbons (Fsp3) is 0.652. The van der Waals surface area contributed by atoms with Crippen LogP contribution in [0.25, 0.3) is 11.5 Å². The molecular weight excluding hydrogens is 400 g/mol. The largest absolute Gasteiger partial charge is 0.493 e. The molecule has 6 rings (SSSR count). The molecule has 1 aromatic heterocycles. The maximum Gasteiger partial charge on any atom is 0.276 e. The van der Waals surface area contributed by atoms with Gasteiger partial charge < -0.3 is 18.6 Å². The maximum absolute atomic E-state index is 5.95. The lowest BCUT2D eigenvalue weighted by molar-refractivity contribution is -0.0538. The Morgan fingerprint density at radius 3 is 2.07 bits per heavy atom. The summed E-state index contributed by atoms with van der Waals surface area (Å²) < 4.78 is 22.2. The van der Waals surface area contributed by atoms with Gasteiger partial charge >= 0.3 is 0 Å². The van der Waals surface area contributed by atoms with Gasteiger partial charge in [0.05, 0.1) is 21.3 Å². The Morgan fingerprint density at radius 1 is 0.933 bits per heavy atom. The fourth-order valence-corrected chi connectivity index (χ4v) is 7.49. The zero-order valence-electron chi connectivity index (χ0n) is 18.0. The van der Waals surface area contributed by atoms with Gasteiger partial charge in [-0.15, -0.1) is 10.2 Å². The van der Waals surface area contributed by atoms with Crippen LogP contribution < -0.4 is 14.2 Å². The molecular formula is C23H30N2O4S. The summed E-state index contributed by atoms with van der Waals surface area (Å²) in [6.07, 6.45) is 10.1. The third-order valence-electron chi connectivity index (χ3n) is 7.34. The van der Waals surface area contributed by atoms with E-state index in [1.165, 1.54) is 44.9 Å². The standard InChI is InChI=1S/C23H30N2O4S/c1-26-18-9-17(10-19(27-2)20(18)28-3)21-24-25-22(29-21)30-5-4-23-11-14-6-15(12-23)8-16(7-14)13-23/h9-10,14-16H,4-8,11-13H2,1-3H3. The van der Waals surface area contributed by atoms with E-state index in [0.717, 1.165) is 29.1 Å². The normalized spacial score (nSPS) is 29.2. The molecule has 0 aliphatic heterocycles. The highest BCUT2D eigenvalue weighted by atomic mass is 32.2. The monoisotopic (exact) mass is 430 g/mol. The van der Waals surface area contributed by atoms with Crippen LogP contribution in [0.2, 0.25) is 0 Å². The van der Waals surface area contributed by atoms with E-state index in [0.29, 0.717) is 33.8 Å². The molecule has 6 nitrogen and oxygen atoms in total. The lowest BCUT2D eigenvalue weighted by Crippen LogP contribution is -2.46. The van der Waals surface area contributed by atoms with Crippen molar-refractivity contribution in [2.45, 2.75) is 50.2 Å². The summed E-state index contributed by atoms with van der Waals surface area (Å²) in [7, 11) is 4.78. The van der Waals surface area contributed by atoms with Crippen LogP contribution in [0.15, 0.2) is 21.8 Å². The van der Waals surface area contributed by atoms with E-state index >= 15 is 0 Å². The molecule has 0 spiro atoms. The molecule has 0 radical (unpaired) electrons. The lowest BCUT2D eigenvalue weighted by atomic mass is 9.49. The minimum atomic E-state index is 0.464. The van der Waals surface area contributed by atoms with Crippen LogP contribution in [0.5, 0.6) is 17.2 Å². The Kier molecular flexibility index (Phi) is 5.33. The maximum atomic E-state index is 5.95. The van der Waals surface area contributed by atoms with Gasteiger partial charge in [-0.2, -0.15) is 0 Å². The number of rotatable bonds is 8. The van der Waals surface area contributed by atoms with Gasteiger partial charge in [0.2, 0.25) is 11.6 Å². The molecule has 4 aliphatic carbocycles. The molecule has 0 unspecified atom stereocenters. The first-order valence-corrected chi connectivity index (χ1v) is 11.9. The minimum Gasteiger partial charge on any atom is -0.493 e. The molecule has 0 saturated heterocycles. The smallest absolute Gasteiger partial charge is 0.276 e. The predicted octanol–water partition coefficient (Wildman–Crippen LogP) is 5.46. The van der Waals surface area contributed by atoms with E-state index < -0.39 is 0 Å². The number of hydrogen-bond donors (Lipinski definition) is 0. The van der Waals surface area contributed by atoms with E-state index in [9.17, 15) is 0 Å². The molecule has 162 valence electrons. The second-order valence-corrected chi connectivity index (χ2v) is 10.3. The Bertz CT molecular complexity index is 852. The van der Waals surface area contributed by atoms with Crippen LogP contribution in [-0.2, 0) is 0 Å². The number of hydrogen-bond acceptors (Lipinski definition) is 7. The number of ether oxygens (including phenoxy) is 3. The second-order valence-electron chi connectivity index (χ2n) is 9.30. The zero-order chi connectivity index (χ0) is 20.7. The zero-order valence-corrected chi connectivity index (χ0v) is 18.8. The molecule has 1 heterocycles. The summed E-state index contributed by atoms with van der Waals surface area (Å²) in [6.45, 7) is 0. The van der Waals surface area contributed by atoms with Crippen LogP contribution in [0.4, 0.5) is 0 Å². The topological polar surface area (TPSA) is 66.6 Å². The Hall–Kier alpha value is -1.89. The van der Waals surface area contributed by atoms with E-state index in [2.05, 4.69) is 10.2 Å². The van der Waals surface area contributed by atoms with Gasteiger partial charge in [0.15, 0.2) is 11.5 Å². The molecule has 1 aromatic carbocycles. The summed E-state index contributed by atoms with van der Waals surface area (Å²) in [6, 6.07) is 3.66. The summed E-state index contributed by atoms with van der Waals surface area (Å²) >= 11 is 1.68. The Morgan fingerprint density at radius 2 is 1.53 bits per heavy atom. The van der Waals surface area contributed by atoms with Gasteiger partial charge in [-0.05, 0) is 80.2 Å². The van der Waals surface area contributed by atoms with Gasteiger partial charge in [0.1, 0.15) is 0 Å². The summed E-state index contributed by atoms with van der Waals surface area (Å²) in [4.78, 5) is 0. The Balaban J connectivity index is 1.25. The summed E-state index contributed by atoms with van der Waals surface area (Å²) in [5, 5.41) is 9.14. The van der Waals surface area contributed by atoms with Gasteiger partial charge in [-0.3, -0.25) is 0 Å². The van der Waals surface area contributed by atoms with Gasteiger partial charge in [-0.1, -0.05) is 11.8 Å². The second kappa shape index (κ2) is 7.98. The highest BCUT2D eigenvalue weighted by Gasteiger charge is 2.50. The molecule has 2 aromatic rings. The van der Waals surface area contributed by atoms with Crippen LogP contribution in [0, 0.1) is 23.2 Å². The van der Waals surface area contributed by atoms with Crippen LogP contribution in [-0.4, -0.2) is 37.3 Å². The summed E-state index contributed by atoms with van der Waals surface area (Å²) in [5.41, 5.74) is 1.34. The van der Waals surface area contributed by atoms with Crippen molar-refractivity contribution in [3.05, 3.63) is 12.1 Å². The van der Waals surface area contributed by atoms with Crippen molar-refractivity contribution in [3.8, 4) is 28.7 Å². The van der Waals surface area contributed by atoms with E-state index in [-0.39, 0.29) is 0 Å². The highest BCUT2D eigenvalue weighted by Crippen LogP contribution is 2.61. The fourth-order valence-electron chi connectivity index (χ4n) is 6.54. The molecule has 30 heavy (non-hydrogen) atoms. The Labute approximate surface area is 182 Å². The first-order chi connectivity index (χ1) is 14.6. The molecule has 4 saturated carbocycles. The lowest BCUT2D eigenvalue weighted by Gasteiger charge is -2.57. The predicted molar refractivity (Wildman–Crippen MR) is 115 cm³/mol. The van der Waals surface area contributed by atoms with Gasteiger partial charge in [0, 0.05) is 11.3 Å². The molecule has 0 N–H and O–H groups in total. The molecule has 4 bridgehead atoms. The van der Waals surface area contributed by atoms with Crippen molar-refractivity contribution < 1.29 is 18.6 Å². The molecule has 7 heteroatoms. The third-order valence-corrected chi connectivity index (χ3v) is 8.16. The first-order valence-electron chi connectivity index (χ1n) is 10.9. The van der Waals surface area contributed by atoms with E-state index in [1.54, 1.807) is 33.1 Å². The number of benzene rings is 1. The summed E-state index contributed by atoms with van der Waals surface area (Å²) in [5.74, 6) is 6.19. The van der Waals surface area contributed by atoms with Gasteiger partial charge in [-0.25, -0.2) is 0 Å². The van der Waals surface area contributed by atoms with E-state index in [4.69, 9.17) is 18.6 Å². The third kappa shape index (κ3) is 3.66. The van der Waals surface area contributed by atoms with E-state index in [1.807, 2.05) is 12.1 Å². The average molecular weight is 431 g/mol. The molecule has 4 fully saturated rings. The average Bonchev–Trinajstić information content (AvgIpc) is 3.20. The van der Waals surface area contributed by atoms with Crippen molar-refractivity contribution in [1.29, 1.82) is 0 Å². The van der Waals surface area contributed by atoms with Crippen molar-refractivity contribution in [2.75, 3.05) is 27.1 Å². The van der Waals surface area contributed by atoms with Crippen molar-refractivity contribution in [2.24, 2.45) is 23.2 Å². The number of nitrogens with zero attached hydrogens (tertiary/aromatic N) is 2. The van der Waals surface area contributed by atoms with Crippen LogP contribution in [0.1, 0.15) is 44.9 Å². The minimum absolute atomic E-state index is 0.464. The number of thioether (sulfide) groups is 1. The quantitative estimate of drug-likeness (QED) is 0.515. The van der Waals surface area contributed by atoms with Crippen LogP contribution in [0.3, 0.4) is 0 Å². The number of aromatic nitrogens is 2.